The van der Waals surface area contributed by atoms with Crippen LogP contribution < -0.4 is 4.90 Å². The molecule has 0 spiro atoms. The van der Waals surface area contributed by atoms with E-state index in [2.05, 4.69) is 25.1 Å². The highest BCUT2D eigenvalue weighted by Gasteiger charge is 2.24. The maximum atomic E-state index is 10.6. The van der Waals surface area contributed by atoms with Crippen LogP contribution in [-0.2, 0) is 0 Å². The quantitative estimate of drug-likeness (QED) is 0.672. The Morgan fingerprint density at radius 1 is 1.40 bits per heavy atom. The van der Waals surface area contributed by atoms with Gasteiger partial charge in [-0.3, -0.25) is 15.2 Å². The summed E-state index contributed by atoms with van der Waals surface area (Å²) in [6.07, 6.45) is 4.90. The molecule has 0 saturated carbocycles. The van der Waals surface area contributed by atoms with E-state index in [1.807, 2.05) is 0 Å². The van der Waals surface area contributed by atoms with Crippen LogP contribution in [0, 0.1) is 10.1 Å². The summed E-state index contributed by atoms with van der Waals surface area (Å²) in [5.41, 5.74) is 0.0116. The van der Waals surface area contributed by atoms with Gasteiger partial charge in [0.05, 0.1) is 4.92 Å². The topological polar surface area (TPSA) is 101 Å². The molecule has 3 rings (SSSR count). The van der Waals surface area contributed by atoms with Gasteiger partial charge in [0.15, 0.2) is 0 Å². The van der Waals surface area contributed by atoms with Crippen LogP contribution in [0.25, 0.3) is 0 Å². The Balaban J connectivity index is 1.75. The van der Waals surface area contributed by atoms with Crippen molar-refractivity contribution in [1.82, 2.24) is 20.2 Å². The molecule has 1 atom stereocenters. The van der Waals surface area contributed by atoms with Crippen LogP contribution in [0.2, 0.25) is 0 Å². The third-order valence-corrected chi connectivity index (χ3v) is 3.51. The average Bonchev–Trinajstić information content (AvgIpc) is 3.02. The predicted molar refractivity (Wildman–Crippen MR) is 71.5 cm³/mol. The number of piperidine rings is 1. The summed E-state index contributed by atoms with van der Waals surface area (Å²) >= 11 is 0. The van der Waals surface area contributed by atoms with E-state index in [1.165, 1.54) is 18.6 Å². The van der Waals surface area contributed by atoms with Crippen molar-refractivity contribution in [1.29, 1.82) is 0 Å². The molecule has 1 aliphatic rings. The van der Waals surface area contributed by atoms with E-state index >= 15 is 0 Å². The molecule has 8 heteroatoms. The molecule has 0 amide bonds. The molecule has 20 heavy (non-hydrogen) atoms. The molecule has 1 N–H and O–H groups in total. The lowest BCUT2D eigenvalue weighted by molar-refractivity contribution is -0.385. The Labute approximate surface area is 115 Å². The van der Waals surface area contributed by atoms with Crippen molar-refractivity contribution in [2.75, 3.05) is 18.0 Å². The van der Waals surface area contributed by atoms with Crippen molar-refractivity contribution < 1.29 is 4.92 Å². The highest BCUT2D eigenvalue weighted by molar-refractivity contribution is 5.43. The predicted octanol–water partition coefficient (Wildman–Crippen LogP) is 1.49. The van der Waals surface area contributed by atoms with Gasteiger partial charge in [-0.1, -0.05) is 0 Å². The summed E-state index contributed by atoms with van der Waals surface area (Å²) in [6, 6.07) is 3.18. The van der Waals surface area contributed by atoms with Gasteiger partial charge in [0.1, 0.15) is 24.2 Å². The molecular weight excluding hydrogens is 260 g/mol. The number of nitrogens with zero attached hydrogens (tertiary/aromatic N) is 5. The number of nitro groups is 1. The molecule has 8 nitrogen and oxygen atoms in total. The Hall–Kier alpha value is -2.51. The standard InChI is InChI=1S/C12H14N6O2/c19-18(20)10-3-4-11(13-6-10)17-5-1-2-9(7-17)12-14-8-15-16-12/h3-4,6,8-9H,1-2,5,7H2,(H,14,15,16). The maximum Gasteiger partial charge on any atom is 0.287 e. The Morgan fingerprint density at radius 3 is 2.95 bits per heavy atom. The zero-order chi connectivity index (χ0) is 13.9. The fourth-order valence-electron chi connectivity index (χ4n) is 2.49. The van der Waals surface area contributed by atoms with E-state index in [9.17, 15) is 10.1 Å². The number of aromatic nitrogens is 4. The lowest BCUT2D eigenvalue weighted by atomic mass is 9.97. The van der Waals surface area contributed by atoms with Gasteiger partial charge >= 0.3 is 0 Å². The van der Waals surface area contributed by atoms with E-state index in [1.54, 1.807) is 6.07 Å². The highest BCUT2D eigenvalue weighted by atomic mass is 16.6. The van der Waals surface area contributed by atoms with Gasteiger partial charge in [0, 0.05) is 25.1 Å². The third-order valence-electron chi connectivity index (χ3n) is 3.51. The number of aromatic amines is 1. The van der Waals surface area contributed by atoms with E-state index in [-0.39, 0.29) is 5.69 Å². The molecule has 1 fully saturated rings. The van der Waals surface area contributed by atoms with Gasteiger partial charge in [-0.15, -0.1) is 0 Å². The van der Waals surface area contributed by atoms with Crippen molar-refractivity contribution in [3.63, 3.8) is 0 Å². The van der Waals surface area contributed by atoms with Crippen LogP contribution in [0.5, 0.6) is 0 Å². The lowest BCUT2D eigenvalue weighted by Gasteiger charge is -2.32. The first kappa shape index (κ1) is 12.5. The number of nitrogens with one attached hydrogen (secondary N) is 1. The summed E-state index contributed by atoms with van der Waals surface area (Å²) < 4.78 is 0. The van der Waals surface area contributed by atoms with Gasteiger partial charge < -0.3 is 4.90 Å². The molecule has 1 saturated heterocycles. The summed E-state index contributed by atoms with van der Waals surface area (Å²) in [5.74, 6) is 1.94. The van der Waals surface area contributed by atoms with E-state index in [0.29, 0.717) is 5.92 Å². The molecule has 0 aromatic carbocycles. The van der Waals surface area contributed by atoms with Gasteiger partial charge in [-0.05, 0) is 18.9 Å². The summed E-state index contributed by atoms with van der Waals surface area (Å²) in [6.45, 7) is 1.69. The molecule has 0 radical (unpaired) electrons. The van der Waals surface area contributed by atoms with Crippen LogP contribution in [-0.4, -0.2) is 38.2 Å². The minimum absolute atomic E-state index is 0.0116. The number of anilines is 1. The molecule has 3 heterocycles. The Morgan fingerprint density at radius 2 is 2.30 bits per heavy atom. The monoisotopic (exact) mass is 274 g/mol. The minimum atomic E-state index is -0.440. The average molecular weight is 274 g/mol. The zero-order valence-corrected chi connectivity index (χ0v) is 10.8. The molecule has 2 aromatic heterocycles. The van der Waals surface area contributed by atoms with Gasteiger partial charge in [0.25, 0.3) is 5.69 Å². The number of rotatable bonds is 3. The van der Waals surface area contributed by atoms with Crippen molar-refractivity contribution in [2.24, 2.45) is 0 Å². The van der Waals surface area contributed by atoms with E-state index in [0.717, 1.165) is 37.6 Å². The first-order valence-electron chi connectivity index (χ1n) is 6.44. The first-order chi connectivity index (χ1) is 9.74. The second-order valence-corrected chi connectivity index (χ2v) is 4.79. The van der Waals surface area contributed by atoms with Crippen molar-refractivity contribution in [2.45, 2.75) is 18.8 Å². The largest absolute Gasteiger partial charge is 0.356 e. The second-order valence-electron chi connectivity index (χ2n) is 4.79. The number of H-pyrrole nitrogens is 1. The number of hydrogen-bond acceptors (Lipinski definition) is 6. The fraction of sp³-hybridized carbons (Fsp3) is 0.417. The Bertz CT molecular complexity index is 583. The summed E-state index contributed by atoms with van der Waals surface area (Å²) in [4.78, 5) is 20.7. The van der Waals surface area contributed by atoms with E-state index in [4.69, 9.17) is 0 Å². The number of pyridine rings is 1. The SMILES string of the molecule is O=[N+]([O-])c1ccc(N2CCCC(c3ncn[nH]3)C2)nc1. The van der Waals surface area contributed by atoms with Crippen LogP contribution in [0.15, 0.2) is 24.7 Å². The second kappa shape index (κ2) is 5.24. The fourth-order valence-corrected chi connectivity index (χ4v) is 2.49. The van der Waals surface area contributed by atoms with Crippen molar-refractivity contribution >= 4 is 11.5 Å². The minimum Gasteiger partial charge on any atom is -0.356 e. The molecule has 0 bridgehead atoms. The van der Waals surface area contributed by atoms with Crippen LogP contribution in [0.1, 0.15) is 24.6 Å². The van der Waals surface area contributed by atoms with Crippen LogP contribution in [0.3, 0.4) is 0 Å². The molecule has 104 valence electrons. The van der Waals surface area contributed by atoms with Crippen LogP contribution >= 0.6 is 0 Å². The highest BCUT2D eigenvalue weighted by Crippen LogP contribution is 2.27. The van der Waals surface area contributed by atoms with Crippen molar-refractivity contribution in [3.8, 4) is 0 Å². The lowest BCUT2D eigenvalue weighted by Crippen LogP contribution is -2.35. The van der Waals surface area contributed by atoms with Gasteiger partial charge in [-0.25, -0.2) is 9.97 Å². The summed E-state index contributed by atoms with van der Waals surface area (Å²) in [7, 11) is 0. The zero-order valence-electron chi connectivity index (χ0n) is 10.8. The molecular formula is C12H14N6O2. The van der Waals surface area contributed by atoms with Crippen LogP contribution in [0.4, 0.5) is 11.5 Å². The first-order valence-corrected chi connectivity index (χ1v) is 6.44. The third kappa shape index (κ3) is 2.44. The van der Waals surface area contributed by atoms with Gasteiger partial charge in [0.2, 0.25) is 0 Å². The maximum absolute atomic E-state index is 10.6. The molecule has 0 aliphatic carbocycles. The molecule has 1 unspecified atom stereocenters. The Kier molecular flexibility index (Phi) is 3.28. The molecule has 1 aliphatic heterocycles. The van der Waals surface area contributed by atoms with Gasteiger partial charge in [-0.2, -0.15) is 5.10 Å². The van der Waals surface area contributed by atoms with E-state index < -0.39 is 4.92 Å². The summed E-state index contributed by atoms with van der Waals surface area (Å²) in [5, 5.41) is 17.4. The van der Waals surface area contributed by atoms with Crippen molar-refractivity contribution in [3.05, 3.63) is 40.6 Å². The smallest absolute Gasteiger partial charge is 0.287 e. The number of hydrogen-bond donors (Lipinski definition) is 1. The normalized spacial score (nSPS) is 19.0. The molecule has 2 aromatic rings.